The predicted molar refractivity (Wildman–Crippen MR) is 116 cm³/mol. The van der Waals surface area contributed by atoms with E-state index < -0.39 is 5.25 Å². The second kappa shape index (κ2) is 8.87. The number of nitrogens with one attached hydrogen (secondary N) is 2. The van der Waals surface area contributed by atoms with Gasteiger partial charge in [0.05, 0.1) is 10.9 Å². The van der Waals surface area contributed by atoms with Crippen LogP contribution in [0.25, 0.3) is 0 Å². The van der Waals surface area contributed by atoms with Crippen LogP contribution in [0, 0.1) is 12.8 Å². The topological polar surface area (TPSA) is 91.4 Å². The van der Waals surface area contributed by atoms with E-state index in [1.807, 2.05) is 43.3 Å². The second-order valence-electron chi connectivity index (χ2n) is 7.66. The van der Waals surface area contributed by atoms with Gasteiger partial charge >= 0.3 is 0 Å². The van der Waals surface area contributed by atoms with Crippen LogP contribution in [0.5, 0.6) is 0 Å². The monoisotopic (exact) mass is 424 g/mol. The number of fused-ring (bicyclic) bond motifs is 1. The fourth-order valence-electron chi connectivity index (χ4n) is 3.74. The molecule has 1 saturated heterocycles. The van der Waals surface area contributed by atoms with Crippen molar-refractivity contribution < 1.29 is 14.4 Å². The zero-order chi connectivity index (χ0) is 21.1. The number of benzene rings is 1. The lowest BCUT2D eigenvalue weighted by atomic mass is 9.95. The number of amides is 3. The zero-order valence-corrected chi connectivity index (χ0v) is 17.6. The van der Waals surface area contributed by atoms with Gasteiger partial charge in [0.2, 0.25) is 17.7 Å². The minimum atomic E-state index is -0.430. The Morgan fingerprint density at radius 3 is 2.77 bits per heavy atom. The van der Waals surface area contributed by atoms with Crippen molar-refractivity contribution >= 4 is 41.0 Å². The van der Waals surface area contributed by atoms with Crippen LogP contribution in [-0.2, 0) is 14.4 Å². The van der Waals surface area contributed by atoms with Crippen LogP contribution in [0.4, 0.5) is 11.5 Å². The molecule has 2 aromatic rings. The molecule has 0 aliphatic carbocycles. The molecule has 3 heterocycles. The number of carbonyl (C=O) groups excluding carboxylic acids is 3. The molecule has 7 nitrogen and oxygen atoms in total. The number of carbonyl (C=O) groups is 3. The highest BCUT2D eigenvalue weighted by Gasteiger charge is 2.32. The largest absolute Gasteiger partial charge is 0.343 e. The van der Waals surface area contributed by atoms with Gasteiger partial charge in [-0.2, -0.15) is 0 Å². The number of aryl methyl sites for hydroxylation is 1. The number of aromatic nitrogens is 1. The van der Waals surface area contributed by atoms with Gasteiger partial charge < -0.3 is 15.5 Å². The quantitative estimate of drug-likeness (QED) is 0.787. The molecule has 0 spiro atoms. The molecule has 156 valence electrons. The van der Waals surface area contributed by atoms with Crippen LogP contribution in [0.2, 0.25) is 0 Å². The molecule has 2 N–H and O–H groups in total. The number of hydrogen-bond donors (Lipinski definition) is 2. The van der Waals surface area contributed by atoms with Crippen LogP contribution >= 0.6 is 11.8 Å². The van der Waals surface area contributed by atoms with E-state index in [1.165, 1.54) is 11.8 Å². The van der Waals surface area contributed by atoms with Gasteiger partial charge in [0, 0.05) is 36.5 Å². The third-order valence-corrected chi connectivity index (χ3v) is 6.73. The van der Waals surface area contributed by atoms with E-state index in [-0.39, 0.29) is 30.1 Å². The Balaban J connectivity index is 1.28. The molecule has 30 heavy (non-hydrogen) atoms. The number of rotatable bonds is 4. The molecule has 4 rings (SSSR count). The van der Waals surface area contributed by atoms with E-state index >= 15 is 0 Å². The molecule has 2 aliphatic rings. The Morgan fingerprint density at radius 2 is 2.00 bits per heavy atom. The van der Waals surface area contributed by atoms with E-state index in [0.29, 0.717) is 31.7 Å². The van der Waals surface area contributed by atoms with Gasteiger partial charge in [0.1, 0.15) is 5.82 Å². The smallest absolute Gasteiger partial charge is 0.238 e. The van der Waals surface area contributed by atoms with Gasteiger partial charge in [-0.1, -0.05) is 12.1 Å². The molecular formula is C22H24N4O3S. The molecule has 2 aliphatic heterocycles. The zero-order valence-electron chi connectivity index (χ0n) is 16.8. The normalized spacial score (nSPS) is 19.0. The second-order valence-corrected chi connectivity index (χ2v) is 8.90. The van der Waals surface area contributed by atoms with Crippen molar-refractivity contribution in [2.75, 3.05) is 23.7 Å². The highest BCUT2D eigenvalue weighted by molar-refractivity contribution is 8.01. The predicted octanol–water partition coefficient (Wildman–Crippen LogP) is 3.07. The van der Waals surface area contributed by atoms with E-state index in [0.717, 1.165) is 16.1 Å². The standard InChI is InChI=1S/C22H24N4O3S/c1-14-6-9-23-19(12-14)25-21(28)15-7-10-26(11-8-15)20(27)13-18-22(29)24-16-4-2-3-5-17(16)30-18/h2-6,9,12,15,18H,7-8,10-11,13H2,1H3,(H,24,29)(H,23,25,28). The summed E-state index contributed by atoms with van der Waals surface area (Å²) >= 11 is 1.43. The number of para-hydroxylation sites is 1. The van der Waals surface area contributed by atoms with Gasteiger partial charge in [0.15, 0.2) is 0 Å². The molecule has 1 aromatic carbocycles. The van der Waals surface area contributed by atoms with Gasteiger partial charge in [-0.15, -0.1) is 11.8 Å². The SMILES string of the molecule is Cc1ccnc(NC(=O)C2CCN(C(=O)CC3Sc4ccccc4NC3=O)CC2)c1. The van der Waals surface area contributed by atoms with Crippen LogP contribution in [0.15, 0.2) is 47.5 Å². The number of pyridine rings is 1. The fourth-order valence-corrected chi connectivity index (χ4v) is 4.84. The minimum absolute atomic E-state index is 0.0405. The molecule has 1 aromatic heterocycles. The number of likely N-dealkylation sites (tertiary alicyclic amines) is 1. The number of thioether (sulfide) groups is 1. The molecule has 3 amide bonds. The van der Waals surface area contributed by atoms with Crippen LogP contribution < -0.4 is 10.6 Å². The van der Waals surface area contributed by atoms with Crippen LogP contribution in [-0.4, -0.2) is 45.9 Å². The summed E-state index contributed by atoms with van der Waals surface area (Å²) < 4.78 is 0. The summed E-state index contributed by atoms with van der Waals surface area (Å²) in [6, 6.07) is 11.3. The first-order valence-corrected chi connectivity index (χ1v) is 11.0. The van der Waals surface area contributed by atoms with E-state index in [2.05, 4.69) is 15.6 Å². The number of hydrogen-bond acceptors (Lipinski definition) is 5. The van der Waals surface area contributed by atoms with Crippen molar-refractivity contribution in [2.24, 2.45) is 5.92 Å². The average molecular weight is 425 g/mol. The highest BCUT2D eigenvalue weighted by atomic mass is 32.2. The summed E-state index contributed by atoms with van der Waals surface area (Å²) in [5, 5.41) is 5.32. The third kappa shape index (κ3) is 4.64. The summed E-state index contributed by atoms with van der Waals surface area (Å²) in [5.74, 6) is 0.182. The summed E-state index contributed by atoms with van der Waals surface area (Å²) in [4.78, 5) is 44.5. The first kappa shape index (κ1) is 20.4. The summed E-state index contributed by atoms with van der Waals surface area (Å²) in [7, 11) is 0. The lowest BCUT2D eigenvalue weighted by Crippen LogP contribution is -2.43. The third-order valence-electron chi connectivity index (χ3n) is 5.45. The first-order valence-electron chi connectivity index (χ1n) is 10.1. The maximum atomic E-state index is 12.8. The van der Waals surface area contributed by atoms with Crippen molar-refractivity contribution in [3.63, 3.8) is 0 Å². The number of piperidine rings is 1. The van der Waals surface area contributed by atoms with Crippen molar-refractivity contribution in [3.05, 3.63) is 48.2 Å². The first-order chi connectivity index (χ1) is 14.5. The highest BCUT2D eigenvalue weighted by Crippen LogP contribution is 2.37. The van der Waals surface area contributed by atoms with Gasteiger partial charge in [0.25, 0.3) is 0 Å². The van der Waals surface area contributed by atoms with Gasteiger partial charge in [-0.25, -0.2) is 4.98 Å². The average Bonchev–Trinajstić information content (AvgIpc) is 2.74. The Hall–Kier alpha value is -2.87. The maximum absolute atomic E-state index is 12.8. The van der Waals surface area contributed by atoms with Gasteiger partial charge in [-0.3, -0.25) is 14.4 Å². The summed E-state index contributed by atoms with van der Waals surface area (Å²) in [6.45, 7) is 2.99. The van der Waals surface area contributed by atoms with Crippen molar-refractivity contribution in [1.29, 1.82) is 0 Å². The minimum Gasteiger partial charge on any atom is -0.343 e. The summed E-state index contributed by atoms with van der Waals surface area (Å²) in [6.07, 6.45) is 3.05. The molecule has 1 unspecified atom stereocenters. The van der Waals surface area contributed by atoms with Crippen molar-refractivity contribution in [2.45, 2.75) is 36.3 Å². The molecule has 0 saturated carbocycles. The molecule has 0 bridgehead atoms. The maximum Gasteiger partial charge on any atom is 0.238 e. The Bertz CT molecular complexity index is 972. The van der Waals surface area contributed by atoms with E-state index in [4.69, 9.17) is 0 Å². The Morgan fingerprint density at radius 1 is 1.23 bits per heavy atom. The number of nitrogens with zero attached hydrogens (tertiary/aromatic N) is 2. The molecule has 0 radical (unpaired) electrons. The van der Waals surface area contributed by atoms with Crippen molar-refractivity contribution in [1.82, 2.24) is 9.88 Å². The lowest BCUT2D eigenvalue weighted by Gasteiger charge is -2.32. The number of anilines is 2. The summed E-state index contributed by atoms with van der Waals surface area (Å²) in [5.41, 5.74) is 1.83. The molecular weight excluding hydrogens is 400 g/mol. The van der Waals surface area contributed by atoms with Crippen LogP contribution in [0.3, 0.4) is 0 Å². The molecule has 8 heteroatoms. The Labute approximate surface area is 179 Å². The lowest BCUT2D eigenvalue weighted by molar-refractivity contribution is -0.135. The fraction of sp³-hybridized carbons (Fsp3) is 0.364. The molecule has 1 fully saturated rings. The Kier molecular flexibility index (Phi) is 6.03. The van der Waals surface area contributed by atoms with Crippen molar-refractivity contribution in [3.8, 4) is 0 Å². The van der Waals surface area contributed by atoms with E-state index in [9.17, 15) is 14.4 Å². The van der Waals surface area contributed by atoms with E-state index in [1.54, 1.807) is 11.1 Å². The van der Waals surface area contributed by atoms with Gasteiger partial charge in [-0.05, 0) is 49.6 Å². The molecule has 1 atom stereocenters. The van der Waals surface area contributed by atoms with Crippen LogP contribution in [0.1, 0.15) is 24.8 Å².